The fraction of sp³-hybridized carbons (Fsp3) is 0.429. The molecule has 0 bridgehead atoms. The molecule has 1 heterocycles. The van der Waals surface area contributed by atoms with E-state index >= 15 is 0 Å². The summed E-state index contributed by atoms with van der Waals surface area (Å²) in [6, 6.07) is 8.36. The van der Waals surface area contributed by atoms with Gasteiger partial charge < -0.3 is 9.84 Å². The maximum Gasteiger partial charge on any atom is 0.0731 e. The summed E-state index contributed by atoms with van der Waals surface area (Å²) >= 11 is 1.75. The molecule has 1 aromatic heterocycles. The van der Waals surface area contributed by atoms with Crippen LogP contribution in [0.15, 0.2) is 29.6 Å². The highest BCUT2D eigenvalue weighted by molar-refractivity contribution is 7.17. The first kappa shape index (κ1) is 12.6. The summed E-state index contributed by atoms with van der Waals surface area (Å²) in [5.74, 6) is 0. The zero-order valence-electron chi connectivity index (χ0n) is 10.3. The number of ether oxygens (including phenoxy) is 1. The van der Waals surface area contributed by atoms with Crippen molar-refractivity contribution in [1.29, 1.82) is 0 Å². The first-order chi connectivity index (χ1) is 8.12. The number of hydrogen-bond acceptors (Lipinski definition) is 3. The van der Waals surface area contributed by atoms with E-state index in [0.29, 0.717) is 13.2 Å². The zero-order chi connectivity index (χ0) is 12.3. The molecule has 0 fully saturated rings. The third-order valence-electron chi connectivity index (χ3n) is 2.74. The normalized spacial score (nSPS) is 12.2. The molecule has 2 nitrogen and oxygen atoms in total. The number of hydrogen-bond donors (Lipinski definition) is 1. The quantitative estimate of drug-likeness (QED) is 0.881. The third kappa shape index (κ3) is 3.06. The standard InChI is InChI=1S/C14H18O2S/c1-14(2,9-15)10-16-7-11-8-17-13-6-4-3-5-12(11)13/h3-6,8,15H,7,9-10H2,1-2H3. The molecule has 0 amide bonds. The molecule has 0 spiro atoms. The van der Waals surface area contributed by atoms with Crippen molar-refractivity contribution in [2.75, 3.05) is 13.2 Å². The minimum Gasteiger partial charge on any atom is -0.396 e. The third-order valence-corrected chi connectivity index (χ3v) is 3.75. The Morgan fingerprint density at radius 3 is 2.82 bits per heavy atom. The summed E-state index contributed by atoms with van der Waals surface area (Å²) in [5, 5.41) is 12.6. The topological polar surface area (TPSA) is 29.5 Å². The van der Waals surface area contributed by atoms with Gasteiger partial charge >= 0.3 is 0 Å². The molecular formula is C14H18O2S. The second-order valence-electron chi connectivity index (χ2n) is 5.07. The van der Waals surface area contributed by atoms with Crippen LogP contribution in [0.1, 0.15) is 19.4 Å². The molecule has 2 aromatic rings. The second kappa shape index (κ2) is 5.17. The van der Waals surface area contributed by atoms with E-state index in [-0.39, 0.29) is 12.0 Å². The SMILES string of the molecule is CC(C)(CO)COCc1csc2ccccc12. The lowest BCUT2D eigenvalue weighted by Gasteiger charge is -2.21. The van der Waals surface area contributed by atoms with Crippen molar-refractivity contribution in [2.45, 2.75) is 20.5 Å². The van der Waals surface area contributed by atoms with Crippen LogP contribution >= 0.6 is 11.3 Å². The van der Waals surface area contributed by atoms with Crippen LogP contribution in [-0.4, -0.2) is 18.3 Å². The number of aliphatic hydroxyl groups is 1. The number of rotatable bonds is 5. The van der Waals surface area contributed by atoms with Crippen LogP contribution in [0.2, 0.25) is 0 Å². The molecule has 0 radical (unpaired) electrons. The Morgan fingerprint density at radius 1 is 1.29 bits per heavy atom. The van der Waals surface area contributed by atoms with Crippen molar-refractivity contribution in [3.63, 3.8) is 0 Å². The Labute approximate surface area is 106 Å². The Morgan fingerprint density at radius 2 is 2.06 bits per heavy atom. The minimum atomic E-state index is -0.161. The molecule has 0 saturated carbocycles. The lowest BCUT2D eigenvalue weighted by atomic mass is 9.97. The molecule has 0 unspecified atom stereocenters. The Hall–Kier alpha value is -0.900. The summed E-state index contributed by atoms with van der Waals surface area (Å²) in [7, 11) is 0. The maximum atomic E-state index is 9.15. The molecule has 0 aliphatic rings. The number of aliphatic hydroxyl groups excluding tert-OH is 1. The van der Waals surface area contributed by atoms with E-state index < -0.39 is 0 Å². The number of fused-ring (bicyclic) bond motifs is 1. The van der Waals surface area contributed by atoms with Gasteiger partial charge in [-0.3, -0.25) is 0 Å². The average Bonchev–Trinajstić information content (AvgIpc) is 2.73. The van der Waals surface area contributed by atoms with E-state index in [2.05, 4.69) is 29.6 Å². The van der Waals surface area contributed by atoms with Crippen LogP contribution in [0, 0.1) is 5.41 Å². The zero-order valence-corrected chi connectivity index (χ0v) is 11.1. The monoisotopic (exact) mass is 250 g/mol. The van der Waals surface area contributed by atoms with Gasteiger partial charge in [-0.15, -0.1) is 11.3 Å². The molecule has 0 aliphatic heterocycles. The molecule has 1 aromatic carbocycles. The Bertz CT molecular complexity index is 488. The van der Waals surface area contributed by atoms with Crippen molar-refractivity contribution < 1.29 is 9.84 Å². The van der Waals surface area contributed by atoms with Gasteiger partial charge in [0.15, 0.2) is 0 Å². The molecular weight excluding hydrogens is 232 g/mol. The first-order valence-electron chi connectivity index (χ1n) is 5.76. The summed E-state index contributed by atoms with van der Waals surface area (Å²) in [6.07, 6.45) is 0. The van der Waals surface area contributed by atoms with Crippen LogP contribution in [0.25, 0.3) is 10.1 Å². The van der Waals surface area contributed by atoms with E-state index in [0.717, 1.165) is 0 Å². The highest BCUT2D eigenvalue weighted by Gasteiger charge is 2.16. The van der Waals surface area contributed by atoms with Gasteiger partial charge in [0.1, 0.15) is 0 Å². The van der Waals surface area contributed by atoms with E-state index in [1.54, 1.807) is 11.3 Å². The predicted octanol–water partition coefficient (Wildman–Crippen LogP) is 3.44. The lowest BCUT2D eigenvalue weighted by molar-refractivity contribution is 0.0202. The summed E-state index contributed by atoms with van der Waals surface area (Å²) in [5.41, 5.74) is 1.07. The van der Waals surface area contributed by atoms with Crippen LogP contribution in [0.3, 0.4) is 0 Å². The number of benzene rings is 1. The van der Waals surface area contributed by atoms with Gasteiger partial charge in [0, 0.05) is 10.1 Å². The van der Waals surface area contributed by atoms with E-state index in [4.69, 9.17) is 9.84 Å². The van der Waals surface area contributed by atoms with Gasteiger partial charge in [-0.1, -0.05) is 32.0 Å². The van der Waals surface area contributed by atoms with Crippen LogP contribution in [-0.2, 0) is 11.3 Å². The van der Waals surface area contributed by atoms with Crippen molar-refractivity contribution in [1.82, 2.24) is 0 Å². The fourth-order valence-electron chi connectivity index (χ4n) is 1.63. The van der Waals surface area contributed by atoms with Crippen LogP contribution in [0.5, 0.6) is 0 Å². The Kier molecular flexibility index (Phi) is 3.82. The largest absolute Gasteiger partial charge is 0.396 e. The van der Waals surface area contributed by atoms with E-state index in [9.17, 15) is 0 Å². The van der Waals surface area contributed by atoms with Crippen molar-refractivity contribution in [3.05, 3.63) is 35.2 Å². The molecule has 92 valence electrons. The summed E-state index contributed by atoms with van der Waals surface area (Å²) < 4.78 is 6.99. The molecule has 2 rings (SSSR count). The van der Waals surface area contributed by atoms with Crippen LogP contribution < -0.4 is 0 Å². The van der Waals surface area contributed by atoms with E-state index in [1.807, 2.05) is 13.8 Å². The summed E-state index contributed by atoms with van der Waals surface area (Å²) in [6.45, 7) is 5.34. The van der Waals surface area contributed by atoms with Crippen molar-refractivity contribution in [2.24, 2.45) is 5.41 Å². The van der Waals surface area contributed by atoms with Gasteiger partial charge in [-0.05, 0) is 22.4 Å². The smallest absolute Gasteiger partial charge is 0.0731 e. The maximum absolute atomic E-state index is 9.15. The lowest BCUT2D eigenvalue weighted by Crippen LogP contribution is -2.23. The average molecular weight is 250 g/mol. The van der Waals surface area contributed by atoms with Crippen molar-refractivity contribution in [3.8, 4) is 0 Å². The van der Waals surface area contributed by atoms with Gasteiger partial charge in [0.2, 0.25) is 0 Å². The predicted molar refractivity (Wildman–Crippen MR) is 72.3 cm³/mol. The highest BCUT2D eigenvalue weighted by Crippen LogP contribution is 2.26. The molecule has 0 aliphatic carbocycles. The summed E-state index contributed by atoms with van der Waals surface area (Å²) in [4.78, 5) is 0. The van der Waals surface area contributed by atoms with Gasteiger partial charge in [0.25, 0.3) is 0 Å². The molecule has 3 heteroatoms. The van der Waals surface area contributed by atoms with Crippen LogP contribution in [0.4, 0.5) is 0 Å². The first-order valence-corrected chi connectivity index (χ1v) is 6.64. The van der Waals surface area contributed by atoms with Gasteiger partial charge in [-0.2, -0.15) is 0 Å². The molecule has 1 N–H and O–H groups in total. The highest BCUT2D eigenvalue weighted by atomic mass is 32.1. The van der Waals surface area contributed by atoms with Gasteiger partial charge in [-0.25, -0.2) is 0 Å². The molecule has 17 heavy (non-hydrogen) atoms. The minimum absolute atomic E-state index is 0.150. The second-order valence-corrected chi connectivity index (χ2v) is 5.98. The fourth-order valence-corrected chi connectivity index (χ4v) is 2.57. The number of thiophene rings is 1. The van der Waals surface area contributed by atoms with Gasteiger partial charge in [0.05, 0.1) is 19.8 Å². The molecule has 0 atom stereocenters. The molecule has 0 saturated heterocycles. The van der Waals surface area contributed by atoms with Crippen molar-refractivity contribution >= 4 is 21.4 Å². The van der Waals surface area contributed by atoms with E-state index in [1.165, 1.54) is 15.6 Å². The Balaban J connectivity index is 2.00.